The molecular formula is C22H32N2O3. The molecule has 0 N–H and O–H groups in total. The van der Waals surface area contributed by atoms with Gasteiger partial charge in [-0.2, -0.15) is 0 Å². The van der Waals surface area contributed by atoms with Crippen molar-refractivity contribution in [1.82, 2.24) is 4.90 Å². The molecule has 3 rings (SSSR count). The fraction of sp³-hybridized carbons (Fsp3) is 0.636. The highest BCUT2D eigenvalue weighted by atomic mass is 16.5. The summed E-state index contributed by atoms with van der Waals surface area (Å²) < 4.78 is 5.20. The predicted molar refractivity (Wildman–Crippen MR) is 107 cm³/mol. The number of benzene rings is 1. The molecule has 2 atom stereocenters. The molecular weight excluding hydrogens is 340 g/mol. The zero-order valence-corrected chi connectivity index (χ0v) is 17.1. The molecule has 2 heterocycles. The minimum atomic E-state index is -0.734. The van der Waals surface area contributed by atoms with Crippen molar-refractivity contribution in [2.24, 2.45) is 0 Å². The highest BCUT2D eigenvalue weighted by molar-refractivity contribution is 6.40. The first-order valence-electron chi connectivity index (χ1n) is 10.2. The van der Waals surface area contributed by atoms with E-state index in [0.717, 1.165) is 43.5 Å². The number of anilines is 1. The summed E-state index contributed by atoms with van der Waals surface area (Å²) in [7, 11) is 4.24. The van der Waals surface area contributed by atoms with Crippen molar-refractivity contribution in [2.45, 2.75) is 64.0 Å². The molecule has 5 heteroatoms. The van der Waals surface area contributed by atoms with Gasteiger partial charge in [0.2, 0.25) is 0 Å². The van der Waals surface area contributed by atoms with Crippen LogP contribution < -0.4 is 4.90 Å². The summed E-state index contributed by atoms with van der Waals surface area (Å²) in [6, 6.07) is 5.64. The van der Waals surface area contributed by atoms with Crippen LogP contribution in [0.3, 0.4) is 0 Å². The van der Waals surface area contributed by atoms with Crippen molar-refractivity contribution in [1.29, 1.82) is 0 Å². The van der Waals surface area contributed by atoms with Gasteiger partial charge >= 0.3 is 5.97 Å². The molecule has 0 amide bonds. The Labute approximate surface area is 162 Å². The summed E-state index contributed by atoms with van der Waals surface area (Å²) in [5.74, 6) is -1.27. The Morgan fingerprint density at radius 2 is 1.93 bits per heavy atom. The van der Waals surface area contributed by atoms with Gasteiger partial charge in [0.1, 0.15) is 0 Å². The fourth-order valence-electron chi connectivity index (χ4n) is 4.77. The van der Waals surface area contributed by atoms with Crippen LogP contribution in [0.5, 0.6) is 0 Å². The normalized spacial score (nSPS) is 24.0. The van der Waals surface area contributed by atoms with Crippen LogP contribution in [0.2, 0.25) is 0 Å². The van der Waals surface area contributed by atoms with Gasteiger partial charge in [-0.05, 0) is 43.7 Å². The first-order chi connectivity index (χ1) is 12.9. The Bertz CT molecular complexity index is 718. The van der Waals surface area contributed by atoms with E-state index in [9.17, 15) is 9.59 Å². The van der Waals surface area contributed by atoms with Crippen LogP contribution in [0.1, 0.15) is 68.3 Å². The van der Waals surface area contributed by atoms with Crippen molar-refractivity contribution in [2.75, 3.05) is 32.1 Å². The average Bonchev–Trinajstić information content (AvgIpc) is 3.09. The number of hydrogen-bond acceptors (Lipinski definition) is 5. The molecule has 0 spiro atoms. The fourth-order valence-corrected chi connectivity index (χ4v) is 4.77. The minimum Gasteiger partial charge on any atom is -0.460 e. The van der Waals surface area contributed by atoms with Crippen LogP contribution in [0, 0.1) is 0 Å². The number of ether oxygens (including phenoxy) is 1. The van der Waals surface area contributed by atoms with Gasteiger partial charge < -0.3 is 9.64 Å². The molecule has 1 aromatic rings. The van der Waals surface area contributed by atoms with E-state index in [0.29, 0.717) is 18.3 Å². The SMILES string of the molecule is CCCCCCCOC(=O)C(=O)c1ccc2c(c1)C1(C)CCN(C)C1N2C. The van der Waals surface area contributed by atoms with Crippen molar-refractivity contribution in [3.8, 4) is 0 Å². The van der Waals surface area contributed by atoms with Gasteiger partial charge in [0, 0.05) is 30.3 Å². The molecule has 0 saturated carbocycles. The molecule has 5 nitrogen and oxygen atoms in total. The lowest BCUT2D eigenvalue weighted by Gasteiger charge is -2.32. The van der Waals surface area contributed by atoms with E-state index in [1.54, 1.807) is 6.07 Å². The Morgan fingerprint density at radius 1 is 1.19 bits per heavy atom. The Kier molecular flexibility index (Phi) is 5.89. The van der Waals surface area contributed by atoms with E-state index in [4.69, 9.17) is 4.74 Å². The number of unbranched alkanes of at least 4 members (excludes halogenated alkanes) is 4. The van der Waals surface area contributed by atoms with E-state index < -0.39 is 11.8 Å². The quantitative estimate of drug-likeness (QED) is 0.301. The first kappa shape index (κ1) is 19.9. The standard InChI is InChI=1S/C22H32N2O3/c1-5-6-7-8-9-14-27-20(26)19(25)16-10-11-18-17(15-16)22(2)12-13-23(3)21(22)24(18)4/h10-11,15,21H,5-9,12-14H2,1-4H3. The van der Waals surface area contributed by atoms with Crippen molar-refractivity contribution in [3.63, 3.8) is 0 Å². The van der Waals surface area contributed by atoms with Gasteiger partial charge in [-0.15, -0.1) is 0 Å². The van der Waals surface area contributed by atoms with Gasteiger partial charge in [-0.3, -0.25) is 9.69 Å². The predicted octanol–water partition coefficient (Wildman–Crippen LogP) is 3.75. The van der Waals surface area contributed by atoms with Crippen LogP contribution in [-0.4, -0.2) is 50.1 Å². The highest BCUT2D eigenvalue weighted by Gasteiger charge is 2.52. The van der Waals surface area contributed by atoms with Crippen LogP contribution in [-0.2, 0) is 14.9 Å². The number of likely N-dealkylation sites (N-methyl/N-ethyl adjacent to an activating group) is 2. The second-order valence-electron chi connectivity index (χ2n) is 8.24. The molecule has 0 aromatic heterocycles. The lowest BCUT2D eigenvalue weighted by Crippen LogP contribution is -2.45. The second-order valence-corrected chi connectivity index (χ2v) is 8.24. The van der Waals surface area contributed by atoms with Gasteiger partial charge in [-0.25, -0.2) is 4.79 Å². The third-order valence-electron chi connectivity index (χ3n) is 6.26. The maximum Gasteiger partial charge on any atom is 0.379 e. The van der Waals surface area contributed by atoms with E-state index in [-0.39, 0.29) is 5.41 Å². The second kappa shape index (κ2) is 8.01. The Hall–Kier alpha value is -1.88. The van der Waals surface area contributed by atoms with Gasteiger partial charge in [0.15, 0.2) is 0 Å². The van der Waals surface area contributed by atoms with Gasteiger partial charge in [-0.1, -0.05) is 39.5 Å². The molecule has 0 bridgehead atoms. The summed E-state index contributed by atoms with van der Waals surface area (Å²) in [4.78, 5) is 29.4. The van der Waals surface area contributed by atoms with Gasteiger partial charge in [0.05, 0.1) is 12.8 Å². The number of fused-ring (bicyclic) bond motifs is 3. The molecule has 27 heavy (non-hydrogen) atoms. The zero-order chi connectivity index (χ0) is 19.6. The number of carbonyl (C=O) groups is 2. The van der Waals surface area contributed by atoms with Crippen LogP contribution in [0.15, 0.2) is 18.2 Å². The monoisotopic (exact) mass is 372 g/mol. The summed E-state index contributed by atoms with van der Waals surface area (Å²) in [5, 5.41) is 0. The first-order valence-corrected chi connectivity index (χ1v) is 10.2. The van der Waals surface area contributed by atoms with E-state index in [1.807, 2.05) is 12.1 Å². The zero-order valence-electron chi connectivity index (χ0n) is 17.1. The lowest BCUT2D eigenvalue weighted by atomic mass is 9.80. The molecule has 2 aliphatic rings. The number of likely N-dealkylation sites (tertiary alicyclic amines) is 1. The van der Waals surface area contributed by atoms with E-state index in [2.05, 4.69) is 37.7 Å². The Balaban J connectivity index is 1.66. The highest BCUT2D eigenvalue weighted by Crippen LogP contribution is 2.51. The number of esters is 1. The third-order valence-corrected chi connectivity index (χ3v) is 6.26. The molecule has 2 aliphatic heterocycles. The summed E-state index contributed by atoms with van der Waals surface area (Å²) in [6.07, 6.45) is 6.73. The number of nitrogens with zero attached hydrogens (tertiary/aromatic N) is 2. The molecule has 2 unspecified atom stereocenters. The van der Waals surface area contributed by atoms with Crippen LogP contribution in [0.4, 0.5) is 5.69 Å². The van der Waals surface area contributed by atoms with Crippen molar-refractivity contribution in [3.05, 3.63) is 29.3 Å². The molecule has 0 aliphatic carbocycles. The molecule has 1 fully saturated rings. The van der Waals surface area contributed by atoms with E-state index in [1.165, 1.54) is 12.8 Å². The van der Waals surface area contributed by atoms with Crippen molar-refractivity contribution < 1.29 is 14.3 Å². The van der Waals surface area contributed by atoms with Gasteiger partial charge in [0.25, 0.3) is 5.78 Å². The summed E-state index contributed by atoms with van der Waals surface area (Å²) >= 11 is 0. The number of hydrogen-bond donors (Lipinski definition) is 0. The van der Waals surface area contributed by atoms with Crippen molar-refractivity contribution >= 4 is 17.4 Å². The number of Topliss-reactive ketones (excluding diaryl/α,β-unsaturated/α-hetero) is 1. The minimum absolute atomic E-state index is 0.0156. The smallest absolute Gasteiger partial charge is 0.379 e. The van der Waals surface area contributed by atoms with Crippen LogP contribution >= 0.6 is 0 Å². The molecule has 148 valence electrons. The topological polar surface area (TPSA) is 49.9 Å². The molecule has 1 aromatic carbocycles. The number of carbonyl (C=O) groups excluding carboxylic acids is 2. The maximum atomic E-state index is 12.6. The maximum absolute atomic E-state index is 12.6. The van der Waals surface area contributed by atoms with Crippen LogP contribution in [0.25, 0.3) is 0 Å². The average molecular weight is 373 g/mol. The Morgan fingerprint density at radius 3 is 2.67 bits per heavy atom. The third kappa shape index (κ3) is 3.62. The lowest BCUT2D eigenvalue weighted by molar-refractivity contribution is -0.138. The largest absolute Gasteiger partial charge is 0.460 e. The molecule has 0 radical (unpaired) electrons. The summed E-state index contributed by atoms with van der Waals surface area (Å²) in [6.45, 7) is 5.78. The van der Waals surface area contributed by atoms with E-state index >= 15 is 0 Å². The summed E-state index contributed by atoms with van der Waals surface area (Å²) in [5.41, 5.74) is 2.74. The molecule has 1 saturated heterocycles. The number of rotatable bonds is 8. The number of ketones is 1.